The molecule has 0 nitrogen and oxygen atoms in total. The second-order valence-electron chi connectivity index (χ2n) is 9.99. The quantitative estimate of drug-likeness (QED) is 0.388. The smallest absolute Gasteiger partial charge is 0.00888 e. The molecule has 2 aliphatic rings. The first-order chi connectivity index (χ1) is 15.4. The minimum Gasteiger partial charge on any atom is -0.0772 e. The monoisotopic (exact) mass is 426 g/mol. The number of benzene rings is 1. The van der Waals surface area contributed by atoms with Gasteiger partial charge in [-0.25, -0.2) is 0 Å². The molecule has 0 N–H and O–H groups in total. The van der Waals surface area contributed by atoms with E-state index in [9.17, 15) is 0 Å². The van der Waals surface area contributed by atoms with Crippen LogP contribution in [-0.2, 0) is 0 Å². The van der Waals surface area contributed by atoms with Crippen molar-refractivity contribution in [3.05, 3.63) is 94.1 Å². The van der Waals surface area contributed by atoms with E-state index in [2.05, 4.69) is 102 Å². The van der Waals surface area contributed by atoms with Crippen LogP contribution in [0.25, 0.3) is 11.1 Å². The van der Waals surface area contributed by atoms with Crippen molar-refractivity contribution in [1.82, 2.24) is 0 Å². The Bertz CT molecular complexity index is 909. The standard InChI is InChI=1S/C32H42/c1-7-23(3)20-31(27-16-12-25(5)13-17-27)29-10-9-11-30(22-29)32(21-24(4)8-2)28-18-14-26(6)15-19-28/h9-16,18,22-24H,7-8,17,19-21H2,1-6H3. The summed E-state index contributed by atoms with van der Waals surface area (Å²) < 4.78 is 0. The van der Waals surface area contributed by atoms with E-state index in [4.69, 9.17) is 0 Å². The Hall–Kier alpha value is -2.34. The molecule has 0 heterocycles. The summed E-state index contributed by atoms with van der Waals surface area (Å²) >= 11 is 0. The van der Waals surface area contributed by atoms with Crippen molar-refractivity contribution in [3.63, 3.8) is 0 Å². The minimum atomic E-state index is 0.689. The van der Waals surface area contributed by atoms with Crippen molar-refractivity contribution in [2.45, 2.75) is 80.1 Å². The zero-order valence-corrected chi connectivity index (χ0v) is 21.2. The average molecular weight is 427 g/mol. The van der Waals surface area contributed by atoms with Crippen molar-refractivity contribution in [3.8, 4) is 0 Å². The maximum absolute atomic E-state index is 2.48. The Morgan fingerprint density at radius 1 is 0.719 bits per heavy atom. The summed E-state index contributed by atoms with van der Waals surface area (Å²) in [5, 5.41) is 0. The summed E-state index contributed by atoms with van der Waals surface area (Å²) in [6, 6.07) is 9.42. The molecule has 0 heteroatoms. The maximum Gasteiger partial charge on any atom is -0.00888 e. The fraction of sp³-hybridized carbons (Fsp3) is 0.438. The van der Waals surface area contributed by atoms with Gasteiger partial charge in [0.1, 0.15) is 0 Å². The van der Waals surface area contributed by atoms with Crippen LogP contribution in [0.1, 0.15) is 91.2 Å². The molecule has 2 aliphatic carbocycles. The molecule has 0 amide bonds. The molecule has 1 aromatic carbocycles. The van der Waals surface area contributed by atoms with Crippen LogP contribution in [0.15, 0.2) is 83.0 Å². The Morgan fingerprint density at radius 2 is 1.16 bits per heavy atom. The van der Waals surface area contributed by atoms with Crippen LogP contribution >= 0.6 is 0 Å². The maximum atomic E-state index is 2.48. The highest BCUT2D eigenvalue weighted by molar-refractivity contribution is 5.78. The lowest BCUT2D eigenvalue weighted by molar-refractivity contribution is 0.577. The largest absolute Gasteiger partial charge is 0.0772 e. The first-order valence-electron chi connectivity index (χ1n) is 12.7. The third-order valence-corrected chi connectivity index (χ3v) is 7.22. The van der Waals surface area contributed by atoms with E-state index < -0.39 is 0 Å². The van der Waals surface area contributed by atoms with E-state index in [0.717, 1.165) is 25.7 Å². The predicted molar refractivity (Wildman–Crippen MR) is 143 cm³/mol. The first kappa shape index (κ1) is 24.3. The van der Waals surface area contributed by atoms with Crippen molar-refractivity contribution in [1.29, 1.82) is 0 Å². The van der Waals surface area contributed by atoms with Crippen LogP contribution < -0.4 is 0 Å². The fourth-order valence-corrected chi connectivity index (χ4v) is 4.47. The van der Waals surface area contributed by atoms with Gasteiger partial charge in [-0.15, -0.1) is 0 Å². The van der Waals surface area contributed by atoms with Crippen molar-refractivity contribution >= 4 is 11.1 Å². The molecule has 0 radical (unpaired) electrons. The SMILES string of the molecule is CCC(C)CC(=C1C=CC(C)=CC1)c1cccc(C(CC(C)CC)=C2C=CC(C)=CC2)c1. The molecule has 32 heavy (non-hydrogen) atoms. The van der Waals surface area contributed by atoms with Gasteiger partial charge in [0.2, 0.25) is 0 Å². The molecule has 1 aromatic rings. The van der Waals surface area contributed by atoms with Gasteiger partial charge in [0, 0.05) is 0 Å². The van der Waals surface area contributed by atoms with E-state index in [-0.39, 0.29) is 0 Å². The molecule has 0 aromatic heterocycles. The number of hydrogen-bond acceptors (Lipinski definition) is 0. The molecule has 2 unspecified atom stereocenters. The summed E-state index contributed by atoms with van der Waals surface area (Å²) in [4.78, 5) is 0. The van der Waals surface area contributed by atoms with E-state index in [1.807, 2.05) is 0 Å². The highest BCUT2D eigenvalue weighted by Gasteiger charge is 2.16. The van der Waals surface area contributed by atoms with Crippen LogP contribution in [-0.4, -0.2) is 0 Å². The number of hydrogen-bond donors (Lipinski definition) is 0. The van der Waals surface area contributed by atoms with Gasteiger partial charge < -0.3 is 0 Å². The summed E-state index contributed by atoms with van der Waals surface area (Å²) in [6.07, 6.45) is 20.8. The van der Waals surface area contributed by atoms with Crippen LogP contribution in [0.4, 0.5) is 0 Å². The molecule has 0 aliphatic heterocycles. The fourth-order valence-electron chi connectivity index (χ4n) is 4.47. The third kappa shape index (κ3) is 6.35. The molecular weight excluding hydrogens is 384 g/mol. The van der Waals surface area contributed by atoms with Gasteiger partial charge in [0.25, 0.3) is 0 Å². The van der Waals surface area contributed by atoms with Gasteiger partial charge in [0.15, 0.2) is 0 Å². The molecule has 3 rings (SSSR count). The van der Waals surface area contributed by atoms with Crippen molar-refractivity contribution in [2.24, 2.45) is 11.8 Å². The Kier molecular flexibility index (Phi) is 8.74. The van der Waals surface area contributed by atoms with E-state index >= 15 is 0 Å². The van der Waals surface area contributed by atoms with Crippen LogP contribution in [0.2, 0.25) is 0 Å². The minimum absolute atomic E-state index is 0.689. The summed E-state index contributed by atoms with van der Waals surface area (Å²) in [5.74, 6) is 1.38. The van der Waals surface area contributed by atoms with Gasteiger partial charge >= 0.3 is 0 Å². The summed E-state index contributed by atoms with van der Waals surface area (Å²) in [5.41, 5.74) is 11.6. The van der Waals surface area contributed by atoms with Crippen molar-refractivity contribution in [2.75, 3.05) is 0 Å². The normalized spacial score (nSPS) is 21.1. The second-order valence-corrected chi connectivity index (χ2v) is 9.99. The lowest BCUT2D eigenvalue weighted by atomic mass is 9.83. The van der Waals surface area contributed by atoms with E-state index in [1.165, 1.54) is 57.4 Å². The van der Waals surface area contributed by atoms with Gasteiger partial charge in [0.05, 0.1) is 0 Å². The Balaban J connectivity index is 2.06. The molecule has 0 spiro atoms. The zero-order valence-electron chi connectivity index (χ0n) is 21.2. The third-order valence-electron chi connectivity index (χ3n) is 7.22. The lowest BCUT2D eigenvalue weighted by Crippen LogP contribution is -2.02. The number of allylic oxidation sites excluding steroid dienone is 12. The lowest BCUT2D eigenvalue weighted by Gasteiger charge is -2.21. The first-order valence-corrected chi connectivity index (χ1v) is 12.7. The summed E-state index contributed by atoms with van der Waals surface area (Å²) in [6.45, 7) is 13.8. The highest BCUT2D eigenvalue weighted by atomic mass is 14.2. The van der Waals surface area contributed by atoms with Crippen LogP contribution in [0, 0.1) is 11.8 Å². The second kappa shape index (κ2) is 11.5. The van der Waals surface area contributed by atoms with E-state index in [0.29, 0.717) is 11.8 Å². The van der Waals surface area contributed by atoms with E-state index in [1.54, 1.807) is 0 Å². The summed E-state index contributed by atoms with van der Waals surface area (Å²) in [7, 11) is 0. The molecule has 0 bridgehead atoms. The molecule has 0 saturated heterocycles. The van der Waals surface area contributed by atoms with Crippen LogP contribution in [0.3, 0.4) is 0 Å². The van der Waals surface area contributed by atoms with Crippen LogP contribution in [0.5, 0.6) is 0 Å². The van der Waals surface area contributed by atoms with Gasteiger partial charge in [-0.05, 0) is 90.9 Å². The molecular formula is C32H42. The zero-order chi connectivity index (χ0) is 23.1. The average Bonchev–Trinajstić information content (AvgIpc) is 2.82. The topological polar surface area (TPSA) is 0 Å². The molecule has 2 atom stereocenters. The van der Waals surface area contributed by atoms with Gasteiger partial charge in [-0.3, -0.25) is 0 Å². The van der Waals surface area contributed by atoms with Gasteiger partial charge in [-0.1, -0.05) is 106 Å². The van der Waals surface area contributed by atoms with Gasteiger partial charge in [-0.2, -0.15) is 0 Å². The Labute approximate surface area is 197 Å². The van der Waals surface area contributed by atoms with Crippen molar-refractivity contribution < 1.29 is 0 Å². The highest BCUT2D eigenvalue weighted by Crippen LogP contribution is 2.36. The predicted octanol–water partition coefficient (Wildman–Crippen LogP) is 9.88. The molecule has 0 fully saturated rings. The Morgan fingerprint density at radius 3 is 1.50 bits per heavy atom. The number of rotatable bonds is 8. The molecule has 170 valence electrons. The molecule has 0 saturated carbocycles.